The number of carbonyl (C=O) groups excluding carboxylic acids is 1. The zero-order valence-corrected chi connectivity index (χ0v) is 13.1. The second-order valence-corrected chi connectivity index (χ2v) is 5.20. The summed E-state index contributed by atoms with van der Waals surface area (Å²) < 4.78 is 0. The van der Waals surface area contributed by atoms with Gasteiger partial charge in [0.15, 0.2) is 0 Å². The molecule has 0 spiro atoms. The highest BCUT2D eigenvalue weighted by molar-refractivity contribution is 7.10. The van der Waals surface area contributed by atoms with Gasteiger partial charge in [-0.15, -0.1) is 47.5 Å². The standard InChI is InChI=1S/C10H12N4OS2.2ClH/c11-2-1-8-14-7(6-17-8)10(15)13-5-9-12-3-4-16-9;;/h3-4,6H,1-2,5,11H2,(H,13,15);2*1H. The Labute approximate surface area is 131 Å². The zero-order valence-electron chi connectivity index (χ0n) is 9.87. The highest BCUT2D eigenvalue weighted by Crippen LogP contribution is 2.10. The number of hydrogen-bond donors (Lipinski definition) is 2. The second kappa shape index (κ2) is 9.22. The average Bonchev–Trinajstić information content (AvgIpc) is 2.97. The van der Waals surface area contributed by atoms with Gasteiger partial charge in [0.1, 0.15) is 10.7 Å². The van der Waals surface area contributed by atoms with E-state index in [4.69, 9.17) is 5.73 Å². The molecule has 0 unspecified atom stereocenters. The molecular weight excluding hydrogens is 327 g/mol. The third-order valence-corrected chi connectivity index (χ3v) is 3.71. The van der Waals surface area contributed by atoms with Crippen LogP contribution in [0.3, 0.4) is 0 Å². The summed E-state index contributed by atoms with van der Waals surface area (Å²) in [6, 6.07) is 0. The first kappa shape index (κ1) is 18.3. The minimum atomic E-state index is -0.167. The topological polar surface area (TPSA) is 80.9 Å². The predicted molar refractivity (Wildman–Crippen MR) is 82.7 cm³/mol. The van der Waals surface area contributed by atoms with E-state index in [2.05, 4.69) is 15.3 Å². The molecular formula is C10H14Cl2N4OS2. The Hall–Kier alpha value is -0.730. The third-order valence-electron chi connectivity index (χ3n) is 2.03. The fraction of sp³-hybridized carbons (Fsp3) is 0.300. The fourth-order valence-corrected chi connectivity index (χ4v) is 2.59. The maximum atomic E-state index is 11.7. The summed E-state index contributed by atoms with van der Waals surface area (Å²) in [7, 11) is 0. The highest BCUT2D eigenvalue weighted by atomic mass is 35.5. The monoisotopic (exact) mass is 340 g/mol. The summed E-state index contributed by atoms with van der Waals surface area (Å²) in [6.45, 7) is 0.994. The second-order valence-electron chi connectivity index (χ2n) is 3.27. The van der Waals surface area contributed by atoms with Crippen LogP contribution in [0.25, 0.3) is 0 Å². The first-order valence-electron chi connectivity index (χ1n) is 5.10. The first-order valence-corrected chi connectivity index (χ1v) is 6.86. The first-order chi connectivity index (χ1) is 8.29. The molecule has 0 fully saturated rings. The van der Waals surface area contributed by atoms with E-state index in [1.807, 2.05) is 5.38 Å². The number of carbonyl (C=O) groups is 1. The lowest BCUT2D eigenvalue weighted by Gasteiger charge is -1.99. The molecule has 1 amide bonds. The van der Waals surface area contributed by atoms with Gasteiger partial charge in [0.25, 0.3) is 5.91 Å². The molecule has 2 rings (SSSR count). The maximum absolute atomic E-state index is 11.7. The molecule has 0 saturated heterocycles. The number of nitrogens with zero attached hydrogens (tertiary/aromatic N) is 2. The molecule has 106 valence electrons. The number of thiazole rings is 2. The molecule has 3 N–H and O–H groups in total. The van der Waals surface area contributed by atoms with Crippen molar-refractivity contribution in [1.29, 1.82) is 0 Å². The normalized spacial score (nSPS) is 9.32. The van der Waals surface area contributed by atoms with Gasteiger partial charge in [-0.05, 0) is 6.54 Å². The molecule has 2 heterocycles. The summed E-state index contributed by atoms with van der Waals surface area (Å²) in [6.07, 6.45) is 2.43. The molecule has 0 aliphatic rings. The average molecular weight is 341 g/mol. The van der Waals surface area contributed by atoms with Gasteiger partial charge in [0.2, 0.25) is 0 Å². The van der Waals surface area contributed by atoms with Crippen molar-refractivity contribution in [3.8, 4) is 0 Å². The lowest BCUT2D eigenvalue weighted by atomic mass is 10.4. The molecule has 2 aromatic heterocycles. The number of rotatable bonds is 5. The summed E-state index contributed by atoms with van der Waals surface area (Å²) >= 11 is 2.97. The number of nitrogens with two attached hydrogens (primary N) is 1. The fourth-order valence-electron chi connectivity index (χ4n) is 1.24. The van der Waals surface area contributed by atoms with Crippen LogP contribution >= 0.6 is 47.5 Å². The molecule has 0 atom stereocenters. The van der Waals surface area contributed by atoms with Gasteiger partial charge < -0.3 is 11.1 Å². The smallest absolute Gasteiger partial charge is 0.271 e. The molecule has 2 aromatic rings. The van der Waals surface area contributed by atoms with E-state index < -0.39 is 0 Å². The van der Waals surface area contributed by atoms with Crippen LogP contribution in [0.15, 0.2) is 17.0 Å². The quantitative estimate of drug-likeness (QED) is 0.870. The van der Waals surface area contributed by atoms with Crippen molar-refractivity contribution in [2.24, 2.45) is 5.73 Å². The van der Waals surface area contributed by atoms with Crippen LogP contribution in [0.4, 0.5) is 0 Å². The number of nitrogens with one attached hydrogen (secondary N) is 1. The van der Waals surface area contributed by atoms with Gasteiger partial charge in [0, 0.05) is 23.4 Å². The molecule has 0 bridgehead atoms. The van der Waals surface area contributed by atoms with Gasteiger partial charge >= 0.3 is 0 Å². The Kier molecular flexibility index (Phi) is 8.86. The van der Waals surface area contributed by atoms with Crippen molar-refractivity contribution in [1.82, 2.24) is 15.3 Å². The molecule has 9 heteroatoms. The van der Waals surface area contributed by atoms with Gasteiger partial charge in [-0.1, -0.05) is 0 Å². The predicted octanol–water partition coefficient (Wildman–Crippen LogP) is 1.87. The summed E-state index contributed by atoms with van der Waals surface area (Å²) in [5.41, 5.74) is 5.88. The van der Waals surface area contributed by atoms with E-state index in [0.717, 1.165) is 10.0 Å². The third kappa shape index (κ3) is 5.42. The van der Waals surface area contributed by atoms with Crippen LogP contribution in [0.5, 0.6) is 0 Å². The summed E-state index contributed by atoms with van der Waals surface area (Å²) in [5.74, 6) is -0.167. The zero-order chi connectivity index (χ0) is 12.1. The molecule has 0 aliphatic carbocycles. The van der Waals surface area contributed by atoms with E-state index >= 15 is 0 Å². The lowest BCUT2D eigenvalue weighted by Crippen LogP contribution is -2.23. The van der Waals surface area contributed by atoms with Crippen molar-refractivity contribution < 1.29 is 4.79 Å². The van der Waals surface area contributed by atoms with E-state index in [1.54, 1.807) is 11.6 Å². The van der Waals surface area contributed by atoms with Crippen LogP contribution in [0.1, 0.15) is 20.5 Å². The SMILES string of the molecule is Cl.Cl.NCCc1nc(C(=O)NCc2nccs2)cs1. The van der Waals surface area contributed by atoms with Crippen molar-refractivity contribution in [3.63, 3.8) is 0 Å². The van der Waals surface area contributed by atoms with Crippen molar-refractivity contribution in [2.75, 3.05) is 6.54 Å². The van der Waals surface area contributed by atoms with Crippen LogP contribution < -0.4 is 11.1 Å². The summed E-state index contributed by atoms with van der Waals surface area (Å²) in [5, 5.41) is 8.19. The lowest BCUT2D eigenvalue weighted by molar-refractivity contribution is 0.0946. The van der Waals surface area contributed by atoms with E-state index in [0.29, 0.717) is 25.2 Å². The van der Waals surface area contributed by atoms with Gasteiger partial charge in [-0.2, -0.15) is 0 Å². The van der Waals surface area contributed by atoms with Crippen LogP contribution in [0, 0.1) is 0 Å². The number of halogens is 2. The van der Waals surface area contributed by atoms with Crippen molar-refractivity contribution >= 4 is 53.4 Å². The van der Waals surface area contributed by atoms with E-state index in [1.165, 1.54) is 22.7 Å². The van der Waals surface area contributed by atoms with Crippen molar-refractivity contribution in [3.05, 3.63) is 32.7 Å². The minimum absolute atomic E-state index is 0. The Morgan fingerprint density at radius 2 is 2.11 bits per heavy atom. The number of aromatic nitrogens is 2. The highest BCUT2D eigenvalue weighted by Gasteiger charge is 2.10. The minimum Gasteiger partial charge on any atom is -0.344 e. The van der Waals surface area contributed by atoms with E-state index in [-0.39, 0.29) is 30.7 Å². The van der Waals surface area contributed by atoms with Crippen molar-refractivity contribution in [2.45, 2.75) is 13.0 Å². The molecule has 0 saturated carbocycles. The Morgan fingerprint density at radius 1 is 1.32 bits per heavy atom. The van der Waals surface area contributed by atoms with Crippen LogP contribution in [-0.2, 0) is 13.0 Å². The number of amides is 1. The Balaban J connectivity index is 0.00000162. The van der Waals surface area contributed by atoms with Gasteiger partial charge in [-0.3, -0.25) is 4.79 Å². The molecule has 5 nitrogen and oxygen atoms in total. The Morgan fingerprint density at radius 3 is 2.74 bits per heavy atom. The maximum Gasteiger partial charge on any atom is 0.271 e. The van der Waals surface area contributed by atoms with Gasteiger partial charge in [-0.25, -0.2) is 9.97 Å². The molecule has 19 heavy (non-hydrogen) atoms. The number of hydrogen-bond acceptors (Lipinski definition) is 6. The Bertz CT molecular complexity index is 489. The summed E-state index contributed by atoms with van der Waals surface area (Å²) in [4.78, 5) is 20.0. The molecule has 0 aliphatic heterocycles. The van der Waals surface area contributed by atoms with Crippen LogP contribution in [-0.4, -0.2) is 22.4 Å². The van der Waals surface area contributed by atoms with Gasteiger partial charge in [0.05, 0.1) is 11.6 Å². The van der Waals surface area contributed by atoms with Crippen LogP contribution in [0.2, 0.25) is 0 Å². The largest absolute Gasteiger partial charge is 0.344 e. The van der Waals surface area contributed by atoms with E-state index in [9.17, 15) is 4.79 Å². The molecule has 0 radical (unpaired) electrons. The molecule has 0 aromatic carbocycles.